The number of nitriles is 1. The summed E-state index contributed by atoms with van der Waals surface area (Å²) in [6.45, 7) is 15.6. The molecule has 7 fully saturated rings. The maximum absolute atomic E-state index is 12.9. The van der Waals surface area contributed by atoms with Crippen molar-refractivity contribution in [2.45, 2.75) is 89.8 Å². The van der Waals surface area contributed by atoms with Gasteiger partial charge in [0, 0.05) is 194 Å². The van der Waals surface area contributed by atoms with Crippen LogP contribution in [0.5, 0.6) is 0 Å². The highest BCUT2D eigenvalue weighted by molar-refractivity contribution is 6.13. The first-order valence-electron chi connectivity index (χ1n) is 48.0. The molecule has 1 unspecified atom stereocenters. The summed E-state index contributed by atoms with van der Waals surface area (Å²) < 4.78 is 53.4. The number of hydrogen-bond acceptors (Lipinski definition) is 35. The summed E-state index contributed by atoms with van der Waals surface area (Å²) in [5.74, 6) is 2.62. The molecule has 7 aliphatic heterocycles. The number of aromatic nitrogens is 11. The van der Waals surface area contributed by atoms with E-state index in [-0.39, 0.29) is 124 Å². The van der Waals surface area contributed by atoms with Crippen LogP contribution in [0.15, 0.2) is 193 Å². The molecule has 43 heteroatoms. The molecule has 0 bridgehead atoms. The van der Waals surface area contributed by atoms with Crippen LogP contribution in [0.1, 0.15) is 167 Å². The number of anilines is 10. The fourth-order valence-corrected chi connectivity index (χ4v) is 17.5. The summed E-state index contributed by atoms with van der Waals surface area (Å²) >= 11 is 0. The third-order valence-corrected chi connectivity index (χ3v) is 25.2. The highest BCUT2D eigenvalue weighted by Crippen LogP contribution is 2.30. The SMILES string of the molecule is Cc1cc(C(=O)N2CCCN(c3cccc(C(=O)c4cccnc4N)n3)CC2)no1.N#CCC(=O)N1CCCN(c2cccc(C(=O)c3cccnc3N)n2)CC1.Nc1ncccc1C(=O)c1cccc(N2CCCN(C(=O)C3CCCO3)CC2)n1.Nc1ncccc1C(=O)c1cccc(N2CCCN(C(=O)C3CCOCC3)CC2)n1.Nc1ncccc1C(=O)c1cccc(N2CCCN(C(=O)CC(F)(F)F)CC2)n1. The van der Waals surface area contributed by atoms with Gasteiger partial charge in [0.25, 0.3) is 11.8 Å². The number of nitrogen functional groups attached to an aromatic ring is 5. The van der Waals surface area contributed by atoms with Crippen LogP contribution < -0.4 is 53.2 Å². The minimum atomic E-state index is -4.52. The fourth-order valence-electron chi connectivity index (χ4n) is 17.5. The molecule has 7 saturated heterocycles. The number of pyridine rings is 10. The molecule has 756 valence electrons. The molecule has 5 amide bonds. The minimum Gasteiger partial charge on any atom is -0.383 e. The first-order valence-corrected chi connectivity index (χ1v) is 48.0. The Balaban J connectivity index is 0.000000144. The summed E-state index contributed by atoms with van der Waals surface area (Å²) in [6.07, 6.45) is 8.43. The molecular weight excluding hydrogens is 1870 g/mol. The summed E-state index contributed by atoms with van der Waals surface area (Å²) in [5.41, 5.74) is 32.5. The molecule has 18 rings (SSSR count). The van der Waals surface area contributed by atoms with Crippen LogP contribution >= 0.6 is 0 Å². The normalized spacial score (nSPS) is 16.4. The van der Waals surface area contributed by atoms with Gasteiger partial charge in [-0.15, -0.1) is 0 Å². The lowest BCUT2D eigenvalue weighted by Crippen LogP contribution is -2.41. The number of carbonyl (C=O) groups excluding carboxylic acids is 10. The van der Waals surface area contributed by atoms with Gasteiger partial charge in [-0.1, -0.05) is 35.5 Å². The lowest BCUT2D eigenvalue weighted by molar-refractivity contribution is -0.161. The maximum Gasteiger partial charge on any atom is 0.397 e. The van der Waals surface area contributed by atoms with Gasteiger partial charge >= 0.3 is 6.18 Å². The van der Waals surface area contributed by atoms with Crippen LogP contribution in [-0.4, -0.2) is 301 Å². The second-order valence-corrected chi connectivity index (χ2v) is 35.0. The Labute approximate surface area is 834 Å². The van der Waals surface area contributed by atoms with Gasteiger partial charge in [0.1, 0.15) is 111 Å². The third-order valence-electron chi connectivity index (χ3n) is 25.2. The molecule has 0 aromatic carbocycles. The molecule has 11 aromatic rings. The van der Waals surface area contributed by atoms with Crippen LogP contribution in [-0.2, 0) is 28.7 Å². The van der Waals surface area contributed by atoms with E-state index < -0.39 is 18.5 Å². The minimum absolute atomic E-state index is 0.0781. The monoisotopic (exact) mass is 1980 g/mol. The van der Waals surface area contributed by atoms with Crippen molar-refractivity contribution in [2.75, 3.05) is 204 Å². The Hall–Kier alpha value is -16.4. The predicted molar refractivity (Wildman–Crippen MR) is 533 cm³/mol. The summed E-state index contributed by atoms with van der Waals surface area (Å²) in [5, 5.41) is 12.5. The number of ketones is 5. The van der Waals surface area contributed by atoms with Gasteiger partial charge in [0.05, 0.1) is 33.9 Å². The van der Waals surface area contributed by atoms with Gasteiger partial charge in [-0.05, 0) is 186 Å². The smallest absolute Gasteiger partial charge is 0.383 e. The van der Waals surface area contributed by atoms with Crippen molar-refractivity contribution in [2.24, 2.45) is 5.92 Å². The van der Waals surface area contributed by atoms with Crippen molar-refractivity contribution < 1.29 is 75.1 Å². The second kappa shape index (κ2) is 50.3. The molecule has 10 N–H and O–H groups in total. The number of halogens is 3. The van der Waals surface area contributed by atoms with Gasteiger partial charge in [-0.2, -0.15) is 18.4 Å². The summed E-state index contributed by atoms with van der Waals surface area (Å²) in [6, 6.07) is 46.4. The number of amides is 5. The number of hydrogen-bond donors (Lipinski definition) is 5. The zero-order valence-corrected chi connectivity index (χ0v) is 80.3. The number of carbonyl (C=O) groups is 10. The zero-order chi connectivity index (χ0) is 102. The van der Waals surface area contributed by atoms with Gasteiger partial charge in [-0.3, -0.25) is 47.9 Å². The van der Waals surface area contributed by atoms with E-state index in [4.69, 9.17) is 47.9 Å². The molecule has 0 radical (unpaired) electrons. The number of ether oxygens (including phenoxy) is 2. The summed E-state index contributed by atoms with van der Waals surface area (Å²) in [7, 11) is 0. The number of alkyl halides is 3. The van der Waals surface area contributed by atoms with Crippen molar-refractivity contribution in [3.63, 3.8) is 0 Å². The largest absolute Gasteiger partial charge is 0.397 e. The average molecular weight is 1980 g/mol. The highest BCUT2D eigenvalue weighted by atomic mass is 19.4. The van der Waals surface area contributed by atoms with E-state index in [9.17, 15) is 61.1 Å². The van der Waals surface area contributed by atoms with Gasteiger partial charge in [0.15, 0.2) is 5.69 Å². The van der Waals surface area contributed by atoms with E-state index in [0.717, 1.165) is 95.7 Å². The number of nitrogens with zero attached hydrogens (tertiary/aromatic N) is 22. The molecule has 0 aliphatic carbocycles. The van der Waals surface area contributed by atoms with Crippen LogP contribution in [0, 0.1) is 24.2 Å². The van der Waals surface area contributed by atoms with Crippen LogP contribution in [0.4, 0.5) is 71.3 Å². The molecule has 18 heterocycles. The molecule has 40 nitrogen and oxygen atoms in total. The topological polar surface area (TPSA) is 530 Å². The van der Waals surface area contributed by atoms with Crippen LogP contribution in [0.25, 0.3) is 0 Å². The van der Waals surface area contributed by atoms with Gasteiger partial charge < -0.3 is 91.7 Å². The molecule has 1 atom stereocenters. The van der Waals surface area contributed by atoms with Gasteiger partial charge in [0.2, 0.25) is 46.6 Å². The first-order chi connectivity index (χ1) is 70.1. The van der Waals surface area contributed by atoms with E-state index in [1.807, 2.05) is 62.1 Å². The Morgan fingerprint density at radius 3 is 0.972 bits per heavy atom. The molecule has 0 saturated carbocycles. The van der Waals surface area contributed by atoms with Crippen molar-refractivity contribution in [1.82, 2.24) is 79.5 Å². The lowest BCUT2D eigenvalue weighted by atomic mass is 9.98. The molecular formula is C102H114F3N27O13. The lowest BCUT2D eigenvalue weighted by Gasteiger charge is -2.28. The quantitative estimate of drug-likeness (QED) is 0.0445. The van der Waals surface area contributed by atoms with Crippen molar-refractivity contribution in [1.29, 1.82) is 5.26 Å². The average Bonchev–Trinajstić information content (AvgIpc) is 1.34. The first kappa shape index (κ1) is 104. The number of rotatable bonds is 20. The van der Waals surface area contributed by atoms with Gasteiger partial charge in [-0.25, -0.2) is 49.8 Å². The van der Waals surface area contributed by atoms with Crippen LogP contribution in [0.3, 0.4) is 0 Å². The van der Waals surface area contributed by atoms with Crippen molar-refractivity contribution in [3.05, 3.63) is 256 Å². The standard InChI is InChI=1S/C22H27N5O3.C21H22N6O3.C21H25N5O3.C19H20F3N5O2.C19H20N6O2/c23-21-17(4-2-9-24-21)20(28)18-5-1-6-19(25-18)26-10-3-11-27(13-12-26)22(29)16-7-14-30-15-8-16;1-14-13-17(25-30-14)21(29)27-10-4-9-26(11-12-27)18-7-2-6-16(24-18)19(28)15-5-3-8-23-20(15)22;22-20-15(5-2-9-23-20)19(27)16-6-1-8-18(24-16)25-10-4-11-26(13-12-25)21(28)17-7-3-14-29-17;20-19(21,22)12-16(28)27-9-3-8-26(10-11-27)15-6-1-5-14(25-15)17(29)13-4-2-7-24-18(13)23;20-8-7-17(26)25-11-3-10-24(12-13-25)16-6-1-5-15(23-16)18(27)14-4-2-9-22-19(14)21/h1-2,4-6,9,16H,3,7-8,10-15H2,(H2,23,24);2-3,5-8,13H,4,9-12H2,1H3,(H2,22,23);1-2,5-6,8-9,17H,3-4,7,10-14H2,(H2,22,23);1-2,4-7H,3,8-12H2,(H2,23,24);1-2,4-6,9H,3,7,10-13H2,(H2,21,22). The summed E-state index contributed by atoms with van der Waals surface area (Å²) in [4.78, 5) is 187. The Kier molecular flexibility index (Phi) is 36.2. The number of aryl methyl sites for hydroxylation is 1. The van der Waals surface area contributed by atoms with E-state index in [1.54, 1.807) is 157 Å². The maximum atomic E-state index is 12.9. The van der Waals surface area contributed by atoms with Crippen molar-refractivity contribution >= 4 is 117 Å². The Morgan fingerprint density at radius 2 is 0.669 bits per heavy atom. The van der Waals surface area contributed by atoms with E-state index >= 15 is 0 Å². The molecule has 11 aromatic heterocycles. The Bertz CT molecular complexity index is 6460. The zero-order valence-electron chi connectivity index (χ0n) is 80.3. The van der Waals surface area contributed by atoms with E-state index in [0.29, 0.717) is 185 Å². The fraction of sp³-hybridized carbons (Fsp3) is 0.373. The predicted octanol–water partition coefficient (Wildman–Crippen LogP) is 8.72. The van der Waals surface area contributed by atoms with E-state index in [1.165, 1.54) is 17.3 Å². The molecule has 145 heavy (non-hydrogen) atoms. The van der Waals surface area contributed by atoms with Crippen LogP contribution in [0.2, 0.25) is 0 Å². The Morgan fingerprint density at radius 1 is 0.359 bits per heavy atom. The molecule has 7 aliphatic rings. The third kappa shape index (κ3) is 28.1. The highest BCUT2D eigenvalue weighted by Gasteiger charge is 2.37. The van der Waals surface area contributed by atoms with E-state index in [2.05, 4.69) is 69.7 Å². The van der Waals surface area contributed by atoms with Crippen molar-refractivity contribution in [3.8, 4) is 6.07 Å². The number of nitrogens with two attached hydrogens (primary N) is 5. The second-order valence-electron chi connectivity index (χ2n) is 35.0. The molecule has 0 spiro atoms.